The zero-order valence-corrected chi connectivity index (χ0v) is 26.6. The molecular formula is C44H31N5. The lowest BCUT2D eigenvalue weighted by atomic mass is 9.94. The Labute approximate surface area is 285 Å². The van der Waals surface area contributed by atoms with Crippen molar-refractivity contribution in [3.63, 3.8) is 0 Å². The van der Waals surface area contributed by atoms with Gasteiger partial charge in [-0.2, -0.15) is 0 Å². The molecule has 5 nitrogen and oxygen atoms in total. The van der Waals surface area contributed by atoms with E-state index in [1.54, 1.807) is 0 Å². The van der Waals surface area contributed by atoms with Crippen molar-refractivity contribution in [2.45, 2.75) is 0 Å². The number of nitrogens with one attached hydrogen (secondary N) is 2. The van der Waals surface area contributed by atoms with E-state index in [1.807, 2.05) is 133 Å². The van der Waals surface area contributed by atoms with Gasteiger partial charge in [-0.3, -0.25) is 5.41 Å². The quantitative estimate of drug-likeness (QED) is 0.164. The number of benzene rings is 7. The summed E-state index contributed by atoms with van der Waals surface area (Å²) in [5.74, 6) is 1.85. The van der Waals surface area contributed by atoms with Crippen molar-refractivity contribution in [2.75, 3.05) is 5.32 Å². The van der Waals surface area contributed by atoms with E-state index in [0.29, 0.717) is 23.2 Å². The Bertz CT molecular complexity index is 2370. The molecule has 1 aromatic heterocycles. The van der Waals surface area contributed by atoms with Crippen LogP contribution in [0.1, 0.15) is 11.1 Å². The van der Waals surface area contributed by atoms with Crippen LogP contribution >= 0.6 is 0 Å². The monoisotopic (exact) mass is 629 g/mol. The summed E-state index contributed by atoms with van der Waals surface area (Å²) in [6, 6.07) is 59.0. The van der Waals surface area contributed by atoms with Crippen LogP contribution in [0.5, 0.6) is 0 Å². The molecule has 0 saturated carbocycles. The molecule has 0 amide bonds. The molecule has 49 heavy (non-hydrogen) atoms. The van der Waals surface area contributed by atoms with Gasteiger partial charge in [-0.25, -0.2) is 15.0 Å². The molecule has 0 radical (unpaired) electrons. The Morgan fingerprint density at radius 3 is 1.61 bits per heavy atom. The van der Waals surface area contributed by atoms with Gasteiger partial charge in [0, 0.05) is 38.9 Å². The average Bonchev–Trinajstić information content (AvgIpc) is 3.19. The average molecular weight is 630 g/mol. The normalized spacial score (nSPS) is 10.9. The van der Waals surface area contributed by atoms with E-state index in [0.717, 1.165) is 61.1 Å². The molecule has 0 saturated heterocycles. The van der Waals surface area contributed by atoms with Crippen molar-refractivity contribution in [1.82, 2.24) is 15.0 Å². The first kappa shape index (κ1) is 29.7. The molecule has 0 atom stereocenters. The number of para-hydroxylation sites is 1. The summed E-state index contributed by atoms with van der Waals surface area (Å²) in [7, 11) is 0. The molecule has 0 bridgehead atoms. The highest BCUT2D eigenvalue weighted by atomic mass is 15.0. The molecule has 0 aliphatic carbocycles. The van der Waals surface area contributed by atoms with Crippen molar-refractivity contribution < 1.29 is 0 Å². The van der Waals surface area contributed by atoms with Crippen LogP contribution in [0, 0.1) is 5.41 Å². The molecule has 0 unspecified atom stereocenters. The predicted molar refractivity (Wildman–Crippen MR) is 201 cm³/mol. The van der Waals surface area contributed by atoms with Gasteiger partial charge in [0.25, 0.3) is 0 Å². The Kier molecular flexibility index (Phi) is 7.98. The van der Waals surface area contributed by atoms with Gasteiger partial charge in [0.15, 0.2) is 17.5 Å². The fourth-order valence-corrected chi connectivity index (χ4v) is 6.07. The molecule has 8 rings (SSSR count). The van der Waals surface area contributed by atoms with Crippen LogP contribution in [0.3, 0.4) is 0 Å². The van der Waals surface area contributed by atoms with Crippen LogP contribution < -0.4 is 5.32 Å². The summed E-state index contributed by atoms with van der Waals surface area (Å²) in [6.45, 7) is 0. The fourth-order valence-electron chi connectivity index (χ4n) is 6.07. The third kappa shape index (κ3) is 6.21. The summed E-state index contributed by atoms with van der Waals surface area (Å²) in [6.07, 6.45) is 0. The summed E-state index contributed by atoms with van der Waals surface area (Å²) in [5.41, 5.74) is 8.76. The second-order valence-electron chi connectivity index (χ2n) is 11.8. The largest absolute Gasteiger partial charge is 0.354 e. The molecule has 0 fully saturated rings. The third-order valence-corrected chi connectivity index (χ3v) is 8.55. The molecule has 232 valence electrons. The molecule has 0 spiro atoms. The number of aromatic nitrogens is 3. The second kappa shape index (κ2) is 13.2. The second-order valence-corrected chi connectivity index (χ2v) is 11.8. The molecule has 8 aromatic rings. The minimum Gasteiger partial charge on any atom is -0.354 e. The van der Waals surface area contributed by atoms with Crippen LogP contribution in [0.25, 0.3) is 56.1 Å². The van der Waals surface area contributed by atoms with Crippen LogP contribution in [0.15, 0.2) is 176 Å². The Balaban J connectivity index is 1.17. The molecule has 0 aliphatic rings. The van der Waals surface area contributed by atoms with Gasteiger partial charge in [0.05, 0.1) is 11.4 Å². The lowest BCUT2D eigenvalue weighted by Gasteiger charge is -2.17. The maximum atomic E-state index is 9.43. The lowest BCUT2D eigenvalue weighted by Crippen LogP contribution is -2.06. The first-order valence-corrected chi connectivity index (χ1v) is 16.2. The van der Waals surface area contributed by atoms with Gasteiger partial charge in [-0.1, -0.05) is 152 Å². The Morgan fingerprint density at radius 2 is 0.939 bits per heavy atom. The van der Waals surface area contributed by atoms with Crippen molar-refractivity contribution in [3.8, 4) is 45.3 Å². The summed E-state index contributed by atoms with van der Waals surface area (Å²) < 4.78 is 0. The summed E-state index contributed by atoms with van der Waals surface area (Å²) >= 11 is 0. The zero-order valence-electron chi connectivity index (χ0n) is 26.6. The van der Waals surface area contributed by atoms with E-state index in [-0.39, 0.29) is 0 Å². The highest BCUT2D eigenvalue weighted by Crippen LogP contribution is 2.33. The third-order valence-electron chi connectivity index (χ3n) is 8.55. The van der Waals surface area contributed by atoms with Crippen LogP contribution in [-0.2, 0) is 0 Å². The van der Waals surface area contributed by atoms with Crippen LogP contribution in [0.2, 0.25) is 0 Å². The molecule has 0 aliphatic heterocycles. The van der Waals surface area contributed by atoms with Gasteiger partial charge in [0.1, 0.15) is 0 Å². The van der Waals surface area contributed by atoms with Gasteiger partial charge in [-0.05, 0) is 40.8 Å². The topological polar surface area (TPSA) is 74.5 Å². The maximum Gasteiger partial charge on any atom is 0.164 e. The minimum absolute atomic E-state index is 0.444. The SMILES string of the molecule is N=C(c1cccc(-c2cccc(-c3nc(-c4ccccc4)nc(-c4ccccc4)n3)c2)c1)c1ccc2ccccc2c1Nc1ccccc1. The highest BCUT2D eigenvalue weighted by Gasteiger charge is 2.16. The first-order chi connectivity index (χ1) is 24.2. The van der Waals surface area contributed by atoms with Crippen molar-refractivity contribution in [2.24, 2.45) is 0 Å². The maximum absolute atomic E-state index is 9.43. The van der Waals surface area contributed by atoms with Crippen molar-refractivity contribution in [1.29, 1.82) is 5.41 Å². The van der Waals surface area contributed by atoms with Crippen LogP contribution in [0.4, 0.5) is 11.4 Å². The van der Waals surface area contributed by atoms with E-state index >= 15 is 0 Å². The minimum atomic E-state index is 0.444. The molecule has 1 heterocycles. The van der Waals surface area contributed by atoms with E-state index in [9.17, 15) is 5.41 Å². The van der Waals surface area contributed by atoms with E-state index in [2.05, 4.69) is 47.8 Å². The molecular weight excluding hydrogens is 599 g/mol. The van der Waals surface area contributed by atoms with E-state index < -0.39 is 0 Å². The molecule has 5 heteroatoms. The summed E-state index contributed by atoms with van der Waals surface area (Å²) in [4.78, 5) is 14.7. The highest BCUT2D eigenvalue weighted by molar-refractivity contribution is 6.18. The number of nitrogens with zero attached hydrogens (tertiary/aromatic N) is 3. The van der Waals surface area contributed by atoms with Crippen molar-refractivity contribution >= 4 is 27.9 Å². The molecule has 7 aromatic carbocycles. The smallest absolute Gasteiger partial charge is 0.164 e. The number of anilines is 2. The standard InChI is InChI=1S/C44H31N5/c45-40(39-27-26-30-14-10-11-25-38(30)41(39)46-37-23-8-3-9-24-37)35-21-12-19-33(28-35)34-20-13-22-36(29-34)44-48-42(31-15-4-1-5-16-31)47-43(49-44)32-17-6-2-7-18-32/h1-29,45-46H. The lowest BCUT2D eigenvalue weighted by molar-refractivity contribution is 1.07. The van der Waals surface area contributed by atoms with E-state index in [1.165, 1.54) is 0 Å². The summed E-state index contributed by atoms with van der Waals surface area (Å²) in [5, 5.41) is 15.2. The fraction of sp³-hybridized carbons (Fsp3) is 0. The first-order valence-electron chi connectivity index (χ1n) is 16.2. The van der Waals surface area contributed by atoms with Crippen molar-refractivity contribution in [3.05, 3.63) is 187 Å². The Morgan fingerprint density at radius 1 is 0.429 bits per heavy atom. The van der Waals surface area contributed by atoms with Gasteiger partial charge >= 0.3 is 0 Å². The number of hydrogen-bond donors (Lipinski definition) is 2. The van der Waals surface area contributed by atoms with E-state index in [4.69, 9.17) is 15.0 Å². The predicted octanol–water partition coefficient (Wildman–Crippen LogP) is 10.9. The van der Waals surface area contributed by atoms with Gasteiger partial charge in [0.2, 0.25) is 0 Å². The molecule has 2 N–H and O–H groups in total. The zero-order chi connectivity index (χ0) is 33.0. The van der Waals surface area contributed by atoms with Gasteiger partial charge in [-0.15, -0.1) is 0 Å². The number of fused-ring (bicyclic) bond motifs is 1. The number of hydrogen-bond acceptors (Lipinski definition) is 5. The van der Waals surface area contributed by atoms with Gasteiger partial charge < -0.3 is 5.32 Å². The van der Waals surface area contributed by atoms with Crippen LogP contribution in [-0.4, -0.2) is 20.7 Å². The Hall–Kier alpha value is -6.72. The number of rotatable bonds is 8.